The molecule has 0 radical (unpaired) electrons. The van der Waals surface area contributed by atoms with E-state index in [0.29, 0.717) is 23.0 Å². The van der Waals surface area contributed by atoms with Crippen molar-refractivity contribution < 1.29 is 4.79 Å². The summed E-state index contributed by atoms with van der Waals surface area (Å²) in [6.07, 6.45) is 2.39. The highest BCUT2D eigenvalue weighted by molar-refractivity contribution is 6.31. The van der Waals surface area contributed by atoms with Gasteiger partial charge < -0.3 is 16.4 Å². The van der Waals surface area contributed by atoms with Gasteiger partial charge in [0.2, 0.25) is 0 Å². The largest absolute Gasteiger partial charge is 0.369 e. The molecule has 0 saturated heterocycles. The van der Waals surface area contributed by atoms with Gasteiger partial charge >= 0.3 is 0 Å². The number of amides is 1. The van der Waals surface area contributed by atoms with Crippen LogP contribution in [0.5, 0.6) is 0 Å². The average molecular weight is 268 g/mol. The first-order valence-corrected chi connectivity index (χ1v) is 6.44. The summed E-state index contributed by atoms with van der Waals surface area (Å²) in [5.41, 5.74) is 12.5. The van der Waals surface area contributed by atoms with Crippen molar-refractivity contribution in [1.82, 2.24) is 0 Å². The number of rotatable bonds is 5. The van der Waals surface area contributed by atoms with Gasteiger partial charge in [0.25, 0.3) is 5.91 Å². The predicted molar refractivity (Wildman–Crippen MR) is 73.9 cm³/mol. The van der Waals surface area contributed by atoms with E-state index < -0.39 is 5.91 Å². The van der Waals surface area contributed by atoms with Crippen molar-refractivity contribution in [1.29, 1.82) is 0 Å². The Morgan fingerprint density at radius 3 is 2.72 bits per heavy atom. The number of carbonyl (C=O) groups excluding carboxylic acids is 1. The van der Waals surface area contributed by atoms with E-state index in [-0.39, 0.29) is 6.04 Å². The standard InChI is InChI=1S/C13H18ClN3O/c1-17(12(7-15)8-2-3-8)11-6-9(14)4-5-10(11)13(16)18/h4-6,8,12H,2-3,7,15H2,1H3,(H2,16,18). The summed E-state index contributed by atoms with van der Waals surface area (Å²) in [6.45, 7) is 0.561. The summed E-state index contributed by atoms with van der Waals surface area (Å²) in [5, 5.41) is 0.591. The van der Waals surface area contributed by atoms with E-state index in [0.717, 1.165) is 5.69 Å². The molecule has 0 heterocycles. The van der Waals surface area contributed by atoms with Crippen LogP contribution in [0.3, 0.4) is 0 Å². The van der Waals surface area contributed by atoms with E-state index in [4.69, 9.17) is 23.1 Å². The fraction of sp³-hybridized carbons (Fsp3) is 0.462. The van der Waals surface area contributed by atoms with Gasteiger partial charge in [-0.25, -0.2) is 0 Å². The molecule has 98 valence electrons. The molecular formula is C13H18ClN3O. The fourth-order valence-electron chi connectivity index (χ4n) is 2.33. The molecular weight excluding hydrogens is 250 g/mol. The third-order valence-corrected chi connectivity index (χ3v) is 3.75. The third-order valence-electron chi connectivity index (χ3n) is 3.51. The lowest BCUT2D eigenvalue weighted by Crippen LogP contribution is -2.40. The van der Waals surface area contributed by atoms with Crippen LogP contribution in [0.15, 0.2) is 18.2 Å². The fourth-order valence-corrected chi connectivity index (χ4v) is 2.50. The van der Waals surface area contributed by atoms with Gasteiger partial charge in [-0.3, -0.25) is 4.79 Å². The predicted octanol–water partition coefficient (Wildman–Crippen LogP) is 1.61. The lowest BCUT2D eigenvalue weighted by atomic mass is 10.1. The molecule has 1 fully saturated rings. The summed E-state index contributed by atoms with van der Waals surface area (Å²) in [5.74, 6) is 0.166. The number of carbonyl (C=O) groups is 1. The van der Waals surface area contributed by atoms with Gasteiger partial charge in [0.15, 0.2) is 0 Å². The number of anilines is 1. The zero-order valence-electron chi connectivity index (χ0n) is 10.4. The van der Waals surface area contributed by atoms with Crippen molar-refractivity contribution in [3.8, 4) is 0 Å². The van der Waals surface area contributed by atoms with Crippen molar-refractivity contribution >= 4 is 23.2 Å². The van der Waals surface area contributed by atoms with E-state index in [1.54, 1.807) is 18.2 Å². The summed E-state index contributed by atoms with van der Waals surface area (Å²) in [6, 6.07) is 5.35. The van der Waals surface area contributed by atoms with E-state index >= 15 is 0 Å². The average Bonchev–Trinajstić information content (AvgIpc) is 3.13. The minimum Gasteiger partial charge on any atom is -0.369 e. The summed E-state index contributed by atoms with van der Waals surface area (Å²) in [4.78, 5) is 13.5. The van der Waals surface area contributed by atoms with Crippen LogP contribution in [0.1, 0.15) is 23.2 Å². The van der Waals surface area contributed by atoms with Crippen LogP contribution in [-0.2, 0) is 0 Å². The molecule has 4 nitrogen and oxygen atoms in total. The molecule has 0 aliphatic heterocycles. The Labute approximate surface area is 112 Å². The first-order chi connectivity index (χ1) is 8.54. The molecule has 1 aromatic carbocycles. The van der Waals surface area contributed by atoms with E-state index in [1.807, 2.05) is 11.9 Å². The lowest BCUT2D eigenvalue weighted by Gasteiger charge is -2.30. The van der Waals surface area contributed by atoms with Crippen LogP contribution in [0, 0.1) is 5.92 Å². The second kappa shape index (κ2) is 5.16. The molecule has 1 saturated carbocycles. The first-order valence-electron chi connectivity index (χ1n) is 6.07. The van der Waals surface area contributed by atoms with Crippen LogP contribution < -0.4 is 16.4 Å². The molecule has 1 aliphatic carbocycles. The highest BCUT2D eigenvalue weighted by Gasteiger charge is 2.34. The Morgan fingerprint density at radius 1 is 1.56 bits per heavy atom. The number of nitrogens with two attached hydrogens (primary N) is 2. The third kappa shape index (κ3) is 2.60. The molecule has 4 N–H and O–H groups in total. The van der Waals surface area contributed by atoms with Gasteiger partial charge in [-0.15, -0.1) is 0 Å². The molecule has 18 heavy (non-hydrogen) atoms. The normalized spacial score (nSPS) is 16.4. The van der Waals surface area contributed by atoms with Crippen LogP contribution >= 0.6 is 11.6 Å². The zero-order chi connectivity index (χ0) is 13.3. The Balaban J connectivity index is 2.35. The summed E-state index contributed by atoms with van der Waals surface area (Å²) in [7, 11) is 1.94. The smallest absolute Gasteiger partial charge is 0.250 e. The number of primary amides is 1. The van der Waals surface area contributed by atoms with Gasteiger partial charge in [-0.2, -0.15) is 0 Å². The highest BCUT2D eigenvalue weighted by atomic mass is 35.5. The quantitative estimate of drug-likeness (QED) is 0.851. The minimum absolute atomic E-state index is 0.238. The van der Waals surface area contributed by atoms with Crippen LogP contribution in [0.4, 0.5) is 5.69 Å². The number of nitrogens with zero attached hydrogens (tertiary/aromatic N) is 1. The summed E-state index contributed by atoms with van der Waals surface area (Å²) >= 11 is 6.00. The number of hydrogen-bond donors (Lipinski definition) is 2. The van der Waals surface area contributed by atoms with Crippen molar-refractivity contribution in [2.24, 2.45) is 17.4 Å². The molecule has 5 heteroatoms. The molecule has 1 aliphatic rings. The van der Waals surface area contributed by atoms with Gasteiger partial charge in [0, 0.05) is 24.7 Å². The SMILES string of the molecule is CN(c1cc(Cl)ccc1C(N)=O)C(CN)C1CC1. The molecule has 1 aromatic rings. The number of benzene rings is 1. The second-order valence-electron chi connectivity index (χ2n) is 4.78. The maximum absolute atomic E-state index is 11.5. The van der Waals surface area contributed by atoms with Crippen LogP contribution in [0.25, 0.3) is 0 Å². The zero-order valence-corrected chi connectivity index (χ0v) is 11.2. The Kier molecular flexibility index (Phi) is 3.78. The summed E-state index contributed by atoms with van der Waals surface area (Å²) < 4.78 is 0. The molecule has 0 bridgehead atoms. The lowest BCUT2D eigenvalue weighted by molar-refractivity contribution is 0.100. The monoisotopic (exact) mass is 267 g/mol. The van der Waals surface area contributed by atoms with Crippen molar-refractivity contribution in [3.05, 3.63) is 28.8 Å². The van der Waals surface area contributed by atoms with Crippen molar-refractivity contribution in [3.63, 3.8) is 0 Å². The van der Waals surface area contributed by atoms with Gasteiger partial charge in [-0.05, 0) is 37.0 Å². The van der Waals surface area contributed by atoms with Gasteiger partial charge in [0.05, 0.1) is 11.3 Å². The Morgan fingerprint density at radius 2 is 2.22 bits per heavy atom. The number of halogens is 1. The molecule has 1 amide bonds. The van der Waals surface area contributed by atoms with Gasteiger partial charge in [-0.1, -0.05) is 11.6 Å². The van der Waals surface area contributed by atoms with E-state index in [2.05, 4.69) is 0 Å². The second-order valence-corrected chi connectivity index (χ2v) is 5.21. The maximum atomic E-state index is 11.5. The number of likely N-dealkylation sites (N-methyl/N-ethyl adjacent to an activating group) is 1. The van der Waals surface area contributed by atoms with Gasteiger partial charge in [0.1, 0.15) is 0 Å². The number of hydrogen-bond acceptors (Lipinski definition) is 3. The van der Waals surface area contributed by atoms with E-state index in [1.165, 1.54) is 12.8 Å². The maximum Gasteiger partial charge on any atom is 0.250 e. The molecule has 1 unspecified atom stereocenters. The minimum atomic E-state index is -0.444. The first kappa shape index (κ1) is 13.2. The van der Waals surface area contributed by atoms with Crippen LogP contribution in [-0.4, -0.2) is 25.5 Å². The topological polar surface area (TPSA) is 72.3 Å². The molecule has 2 rings (SSSR count). The highest BCUT2D eigenvalue weighted by Crippen LogP contribution is 2.37. The van der Waals surface area contributed by atoms with E-state index in [9.17, 15) is 4.79 Å². The Bertz CT molecular complexity index is 460. The molecule has 1 atom stereocenters. The van der Waals surface area contributed by atoms with Crippen molar-refractivity contribution in [2.75, 3.05) is 18.5 Å². The Hall–Kier alpha value is -1.26. The molecule has 0 aromatic heterocycles. The molecule has 0 spiro atoms. The van der Waals surface area contributed by atoms with Crippen molar-refractivity contribution in [2.45, 2.75) is 18.9 Å². The van der Waals surface area contributed by atoms with Crippen LogP contribution in [0.2, 0.25) is 5.02 Å².